The highest BCUT2D eigenvalue weighted by Crippen LogP contribution is 2.27. The van der Waals surface area contributed by atoms with E-state index in [0.29, 0.717) is 0 Å². The van der Waals surface area contributed by atoms with Crippen LogP contribution in [-0.2, 0) is 6.54 Å². The van der Waals surface area contributed by atoms with Crippen molar-refractivity contribution in [2.24, 2.45) is 11.8 Å². The summed E-state index contributed by atoms with van der Waals surface area (Å²) in [6.07, 6.45) is 0. The van der Waals surface area contributed by atoms with Crippen molar-refractivity contribution < 1.29 is 4.42 Å². The van der Waals surface area contributed by atoms with Crippen LogP contribution < -0.4 is 5.32 Å². The van der Waals surface area contributed by atoms with Crippen molar-refractivity contribution in [3.8, 4) is 0 Å². The van der Waals surface area contributed by atoms with Crippen LogP contribution in [0.2, 0.25) is 0 Å². The van der Waals surface area contributed by atoms with Gasteiger partial charge in [-0.05, 0) is 44.0 Å². The van der Waals surface area contributed by atoms with Crippen LogP contribution in [0.25, 0.3) is 0 Å². The van der Waals surface area contributed by atoms with Crippen LogP contribution in [0.5, 0.6) is 0 Å². The summed E-state index contributed by atoms with van der Waals surface area (Å²) in [5, 5.41) is 3.46. The lowest BCUT2D eigenvalue weighted by Gasteiger charge is -2.14. The Balaban J connectivity index is 1.61. The number of likely N-dealkylation sites (tertiary alicyclic amines) is 1. The van der Waals surface area contributed by atoms with Crippen molar-refractivity contribution in [3.05, 3.63) is 23.7 Å². The molecule has 0 spiro atoms. The Hall–Kier alpha value is -0.800. The first-order valence-electron chi connectivity index (χ1n) is 5.79. The summed E-state index contributed by atoms with van der Waals surface area (Å²) in [5.41, 5.74) is 0. The maximum atomic E-state index is 5.61. The second-order valence-corrected chi connectivity index (χ2v) is 4.88. The van der Waals surface area contributed by atoms with Gasteiger partial charge in [0.1, 0.15) is 11.5 Å². The molecule has 3 rings (SSSR count). The van der Waals surface area contributed by atoms with Gasteiger partial charge in [-0.15, -0.1) is 0 Å². The molecule has 2 aliphatic heterocycles. The SMILES string of the molecule is Cc1ccc(CN2CC3CNCC3C2)o1. The van der Waals surface area contributed by atoms with E-state index >= 15 is 0 Å². The largest absolute Gasteiger partial charge is 0.465 e. The second kappa shape index (κ2) is 3.65. The molecule has 2 saturated heterocycles. The summed E-state index contributed by atoms with van der Waals surface area (Å²) in [4.78, 5) is 2.52. The number of furan rings is 1. The van der Waals surface area contributed by atoms with E-state index in [0.717, 1.165) is 29.9 Å². The molecular formula is C12H18N2O. The van der Waals surface area contributed by atoms with Crippen molar-refractivity contribution >= 4 is 0 Å². The van der Waals surface area contributed by atoms with E-state index in [1.54, 1.807) is 0 Å². The van der Waals surface area contributed by atoms with Gasteiger partial charge in [-0.2, -0.15) is 0 Å². The zero-order chi connectivity index (χ0) is 10.3. The molecule has 1 aromatic rings. The van der Waals surface area contributed by atoms with Crippen LogP contribution in [0.1, 0.15) is 11.5 Å². The molecule has 0 amide bonds. The van der Waals surface area contributed by atoms with Crippen molar-refractivity contribution in [1.82, 2.24) is 10.2 Å². The molecule has 82 valence electrons. The van der Waals surface area contributed by atoms with Gasteiger partial charge in [-0.3, -0.25) is 4.90 Å². The number of nitrogens with zero attached hydrogens (tertiary/aromatic N) is 1. The van der Waals surface area contributed by atoms with Gasteiger partial charge in [0.05, 0.1) is 6.54 Å². The highest BCUT2D eigenvalue weighted by molar-refractivity contribution is 5.06. The molecule has 15 heavy (non-hydrogen) atoms. The lowest BCUT2D eigenvalue weighted by atomic mass is 10.0. The van der Waals surface area contributed by atoms with Gasteiger partial charge >= 0.3 is 0 Å². The van der Waals surface area contributed by atoms with E-state index in [9.17, 15) is 0 Å². The quantitative estimate of drug-likeness (QED) is 0.789. The number of hydrogen-bond donors (Lipinski definition) is 1. The Kier molecular flexibility index (Phi) is 2.29. The van der Waals surface area contributed by atoms with Gasteiger partial charge in [-0.25, -0.2) is 0 Å². The first-order valence-corrected chi connectivity index (χ1v) is 5.79. The Morgan fingerprint density at radius 2 is 2.07 bits per heavy atom. The molecule has 3 nitrogen and oxygen atoms in total. The van der Waals surface area contributed by atoms with Crippen LogP contribution in [0.15, 0.2) is 16.5 Å². The standard InChI is InChI=1S/C12H18N2O/c1-9-2-3-12(15-9)8-14-6-10-4-13-5-11(10)7-14/h2-3,10-11,13H,4-8H2,1H3. The van der Waals surface area contributed by atoms with E-state index in [1.165, 1.54) is 26.2 Å². The van der Waals surface area contributed by atoms with Crippen LogP contribution in [-0.4, -0.2) is 31.1 Å². The van der Waals surface area contributed by atoms with Crippen molar-refractivity contribution in [2.75, 3.05) is 26.2 Å². The molecule has 3 heteroatoms. The van der Waals surface area contributed by atoms with E-state index in [2.05, 4.69) is 16.3 Å². The zero-order valence-corrected chi connectivity index (χ0v) is 9.20. The van der Waals surface area contributed by atoms with Gasteiger partial charge in [0.2, 0.25) is 0 Å². The summed E-state index contributed by atoms with van der Waals surface area (Å²) in [6.45, 7) is 7.87. The maximum Gasteiger partial charge on any atom is 0.118 e. The minimum Gasteiger partial charge on any atom is -0.465 e. The monoisotopic (exact) mass is 206 g/mol. The molecule has 0 aromatic carbocycles. The fourth-order valence-corrected chi connectivity index (χ4v) is 2.87. The Morgan fingerprint density at radius 3 is 2.67 bits per heavy atom. The second-order valence-electron chi connectivity index (χ2n) is 4.88. The minimum atomic E-state index is 0.876. The molecular weight excluding hydrogens is 188 g/mol. The summed E-state index contributed by atoms with van der Waals surface area (Å²) in [7, 11) is 0. The van der Waals surface area contributed by atoms with Crippen LogP contribution >= 0.6 is 0 Å². The van der Waals surface area contributed by atoms with Crippen LogP contribution in [0, 0.1) is 18.8 Å². The third-order valence-electron chi connectivity index (χ3n) is 3.64. The highest BCUT2D eigenvalue weighted by Gasteiger charge is 2.35. The van der Waals surface area contributed by atoms with Gasteiger partial charge in [0, 0.05) is 13.1 Å². The van der Waals surface area contributed by atoms with Gasteiger partial charge in [0.25, 0.3) is 0 Å². The van der Waals surface area contributed by atoms with Crippen molar-refractivity contribution in [2.45, 2.75) is 13.5 Å². The predicted octanol–water partition coefficient (Wildman–Crippen LogP) is 1.24. The van der Waals surface area contributed by atoms with Crippen LogP contribution in [0.3, 0.4) is 0 Å². The van der Waals surface area contributed by atoms with E-state index < -0.39 is 0 Å². The van der Waals surface area contributed by atoms with Gasteiger partial charge in [-0.1, -0.05) is 0 Å². The number of fused-ring (bicyclic) bond motifs is 1. The summed E-state index contributed by atoms with van der Waals surface area (Å²) >= 11 is 0. The maximum absolute atomic E-state index is 5.61. The first-order chi connectivity index (χ1) is 7.31. The number of hydrogen-bond acceptors (Lipinski definition) is 3. The average Bonchev–Trinajstić information content (AvgIpc) is 2.81. The first kappa shape index (κ1) is 9.43. The van der Waals surface area contributed by atoms with E-state index in [-0.39, 0.29) is 0 Å². The molecule has 1 N–H and O–H groups in total. The average molecular weight is 206 g/mol. The van der Waals surface area contributed by atoms with Crippen LogP contribution in [0.4, 0.5) is 0 Å². The molecule has 0 aliphatic carbocycles. The lowest BCUT2D eigenvalue weighted by Crippen LogP contribution is -2.25. The molecule has 2 fully saturated rings. The number of aryl methyl sites for hydroxylation is 1. The smallest absolute Gasteiger partial charge is 0.118 e. The lowest BCUT2D eigenvalue weighted by molar-refractivity contribution is 0.275. The van der Waals surface area contributed by atoms with Gasteiger partial charge < -0.3 is 9.73 Å². The number of rotatable bonds is 2. The zero-order valence-electron chi connectivity index (χ0n) is 9.20. The Bertz CT molecular complexity index is 335. The molecule has 0 bridgehead atoms. The molecule has 2 atom stereocenters. The minimum absolute atomic E-state index is 0.876. The Morgan fingerprint density at radius 1 is 1.33 bits per heavy atom. The molecule has 0 radical (unpaired) electrons. The van der Waals surface area contributed by atoms with Crippen molar-refractivity contribution in [1.29, 1.82) is 0 Å². The topological polar surface area (TPSA) is 28.4 Å². The predicted molar refractivity (Wildman–Crippen MR) is 58.6 cm³/mol. The fraction of sp³-hybridized carbons (Fsp3) is 0.667. The third kappa shape index (κ3) is 1.82. The Labute approximate surface area is 90.4 Å². The summed E-state index contributed by atoms with van der Waals surface area (Å²) in [5.74, 6) is 3.88. The molecule has 3 heterocycles. The molecule has 2 aliphatic rings. The fourth-order valence-electron chi connectivity index (χ4n) is 2.87. The third-order valence-corrected chi connectivity index (χ3v) is 3.64. The molecule has 2 unspecified atom stereocenters. The van der Waals surface area contributed by atoms with E-state index in [1.807, 2.05) is 13.0 Å². The number of nitrogens with one attached hydrogen (secondary N) is 1. The molecule has 1 aromatic heterocycles. The summed E-state index contributed by atoms with van der Waals surface area (Å²) < 4.78 is 5.61. The van der Waals surface area contributed by atoms with Gasteiger partial charge in [0.15, 0.2) is 0 Å². The van der Waals surface area contributed by atoms with Crippen molar-refractivity contribution in [3.63, 3.8) is 0 Å². The molecule has 0 saturated carbocycles. The summed E-state index contributed by atoms with van der Waals surface area (Å²) in [6, 6.07) is 4.15. The highest BCUT2D eigenvalue weighted by atomic mass is 16.3. The van der Waals surface area contributed by atoms with E-state index in [4.69, 9.17) is 4.42 Å². The normalized spacial score (nSPS) is 31.0.